The molecule has 0 saturated heterocycles. The molecule has 19 heavy (non-hydrogen) atoms. The number of aliphatic hydroxyl groups is 1. The predicted octanol–water partition coefficient (Wildman–Crippen LogP) is 2.56. The molecule has 0 aromatic heterocycles. The van der Waals surface area contributed by atoms with E-state index in [0.29, 0.717) is 6.54 Å². The van der Waals surface area contributed by atoms with Gasteiger partial charge in [-0.2, -0.15) is 0 Å². The van der Waals surface area contributed by atoms with Gasteiger partial charge in [-0.05, 0) is 32.3 Å². The second-order valence-electron chi connectivity index (χ2n) is 6.70. The van der Waals surface area contributed by atoms with Gasteiger partial charge in [-0.25, -0.2) is 0 Å². The first kappa shape index (κ1) is 12.9. The Hall–Kier alpha value is -1.06. The van der Waals surface area contributed by atoms with E-state index in [2.05, 4.69) is 19.9 Å². The van der Waals surface area contributed by atoms with Gasteiger partial charge in [0.05, 0.1) is 6.10 Å². The average Bonchev–Trinajstić information content (AvgIpc) is 2.61. The SMILES string of the molecule is CC1(C)Cc2cccc(C(O)C3(CN)CCC3)c2O1. The Labute approximate surface area is 114 Å². The van der Waals surface area contributed by atoms with Crippen LogP contribution >= 0.6 is 0 Å². The number of aliphatic hydroxyl groups excluding tert-OH is 1. The van der Waals surface area contributed by atoms with Gasteiger partial charge in [0.25, 0.3) is 0 Å². The summed E-state index contributed by atoms with van der Waals surface area (Å²) in [7, 11) is 0. The van der Waals surface area contributed by atoms with Crippen molar-refractivity contribution in [2.75, 3.05) is 6.54 Å². The molecule has 1 aliphatic heterocycles. The van der Waals surface area contributed by atoms with Gasteiger partial charge < -0.3 is 15.6 Å². The van der Waals surface area contributed by atoms with Crippen LogP contribution in [-0.2, 0) is 6.42 Å². The van der Waals surface area contributed by atoms with E-state index in [-0.39, 0.29) is 11.0 Å². The van der Waals surface area contributed by atoms with Crippen molar-refractivity contribution in [1.29, 1.82) is 0 Å². The first-order chi connectivity index (χ1) is 8.97. The molecule has 3 N–H and O–H groups in total. The topological polar surface area (TPSA) is 55.5 Å². The fraction of sp³-hybridized carbons (Fsp3) is 0.625. The molecule has 1 saturated carbocycles. The first-order valence-electron chi connectivity index (χ1n) is 7.16. The van der Waals surface area contributed by atoms with E-state index in [1.807, 2.05) is 12.1 Å². The van der Waals surface area contributed by atoms with Crippen LogP contribution in [0, 0.1) is 5.41 Å². The molecule has 1 unspecified atom stereocenters. The fourth-order valence-corrected chi connectivity index (χ4v) is 3.40. The molecule has 3 nitrogen and oxygen atoms in total. The molecule has 1 aromatic rings. The van der Waals surface area contributed by atoms with E-state index in [0.717, 1.165) is 37.0 Å². The lowest BCUT2D eigenvalue weighted by Crippen LogP contribution is -2.42. The second-order valence-corrected chi connectivity index (χ2v) is 6.70. The van der Waals surface area contributed by atoms with Crippen LogP contribution in [0.5, 0.6) is 5.75 Å². The van der Waals surface area contributed by atoms with Gasteiger partial charge in [0, 0.05) is 23.9 Å². The Kier molecular flexibility index (Phi) is 2.88. The number of ether oxygens (including phenoxy) is 1. The van der Waals surface area contributed by atoms with Crippen LogP contribution in [-0.4, -0.2) is 17.3 Å². The number of para-hydroxylation sites is 1. The van der Waals surface area contributed by atoms with E-state index in [1.54, 1.807) is 0 Å². The van der Waals surface area contributed by atoms with Gasteiger partial charge >= 0.3 is 0 Å². The maximum absolute atomic E-state index is 10.8. The minimum Gasteiger partial charge on any atom is -0.487 e. The van der Waals surface area contributed by atoms with Crippen molar-refractivity contribution >= 4 is 0 Å². The zero-order valence-corrected chi connectivity index (χ0v) is 11.8. The number of hydrogen-bond acceptors (Lipinski definition) is 3. The predicted molar refractivity (Wildman–Crippen MR) is 75.2 cm³/mol. The van der Waals surface area contributed by atoms with Crippen molar-refractivity contribution in [3.8, 4) is 5.75 Å². The van der Waals surface area contributed by atoms with Crippen molar-refractivity contribution in [2.24, 2.45) is 11.1 Å². The van der Waals surface area contributed by atoms with Gasteiger partial charge in [0.2, 0.25) is 0 Å². The summed E-state index contributed by atoms with van der Waals surface area (Å²) in [5.74, 6) is 0.889. The highest BCUT2D eigenvalue weighted by Crippen LogP contribution is 2.52. The minimum absolute atomic E-state index is 0.134. The lowest BCUT2D eigenvalue weighted by molar-refractivity contribution is -0.0318. The third-order valence-electron chi connectivity index (χ3n) is 4.75. The zero-order chi connectivity index (χ0) is 13.7. The highest BCUT2D eigenvalue weighted by atomic mass is 16.5. The van der Waals surface area contributed by atoms with E-state index in [9.17, 15) is 5.11 Å². The van der Waals surface area contributed by atoms with Gasteiger partial charge in [-0.1, -0.05) is 24.6 Å². The Morgan fingerprint density at radius 3 is 2.68 bits per heavy atom. The Morgan fingerprint density at radius 2 is 2.11 bits per heavy atom. The highest BCUT2D eigenvalue weighted by molar-refractivity contribution is 5.47. The second kappa shape index (κ2) is 4.22. The van der Waals surface area contributed by atoms with E-state index in [4.69, 9.17) is 10.5 Å². The maximum atomic E-state index is 10.8. The molecule has 1 atom stereocenters. The third-order valence-corrected chi connectivity index (χ3v) is 4.75. The van der Waals surface area contributed by atoms with Crippen LogP contribution in [0.2, 0.25) is 0 Å². The third kappa shape index (κ3) is 1.96. The van der Waals surface area contributed by atoms with Gasteiger partial charge in [0.1, 0.15) is 11.4 Å². The van der Waals surface area contributed by atoms with Crippen molar-refractivity contribution in [2.45, 2.75) is 51.2 Å². The lowest BCUT2D eigenvalue weighted by atomic mass is 9.63. The molecule has 3 heteroatoms. The van der Waals surface area contributed by atoms with E-state index < -0.39 is 6.10 Å². The van der Waals surface area contributed by atoms with Crippen LogP contribution in [0.4, 0.5) is 0 Å². The number of fused-ring (bicyclic) bond motifs is 1. The molecule has 1 aromatic carbocycles. The molecular weight excluding hydrogens is 238 g/mol. The van der Waals surface area contributed by atoms with Crippen LogP contribution < -0.4 is 10.5 Å². The summed E-state index contributed by atoms with van der Waals surface area (Å²) in [6.45, 7) is 4.72. The molecule has 1 heterocycles. The molecule has 3 rings (SSSR count). The summed E-state index contributed by atoms with van der Waals surface area (Å²) in [5.41, 5.74) is 7.72. The molecule has 0 amide bonds. The van der Waals surface area contributed by atoms with Crippen molar-refractivity contribution in [3.63, 3.8) is 0 Å². The summed E-state index contributed by atoms with van der Waals surface area (Å²) >= 11 is 0. The van der Waals surface area contributed by atoms with E-state index >= 15 is 0 Å². The normalized spacial score (nSPS) is 24.2. The number of rotatable bonds is 3. The number of nitrogens with two attached hydrogens (primary N) is 1. The zero-order valence-electron chi connectivity index (χ0n) is 11.8. The molecule has 1 aliphatic carbocycles. The molecule has 2 aliphatic rings. The Balaban J connectivity index is 1.97. The highest BCUT2D eigenvalue weighted by Gasteiger charge is 2.45. The summed E-state index contributed by atoms with van der Waals surface area (Å²) in [4.78, 5) is 0. The number of benzene rings is 1. The van der Waals surface area contributed by atoms with Gasteiger partial charge in [-0.3, -0.25) is 0 Å². The standard InChI is InChI=1S/C16H23NO2/c1-15(2)9-11-5-3-6-12(13(11)19-15)14(18)16(10-17)7-4-8-16/h3,5-6,14,18H,4,7-10,17H2,1-2H3. The van der Waals surface area contributed by atoms with Crippen molar-refractivity contribution in [1.82, 2.24) is 0 Å². The monoisotopic (exact) mass is 261 g/mol. The van der Waals surface area contributed by atoms with Crippen LogP contribution in [0.15, 0.2) is 18.2 Å². The molecule has 0 bridgehead atoms. The van der Waals surface area contributed by atoms with Crippen LogP contribution in [0.3, 0.4) is 0 Å². The fourth-order valence-electron chi connectivity index (χ4n) is 3.40. The lowest BCUT2D eigenvalue weighted by Gasteiger charge is -2.45. The molecular formula is C16H23NO2. The Bertz CT molecular complexity index is 486. The van der Waals surface area contributed by atoms with Crippen LogP contribution in [0.1, 0.15) is 50.3 Å². The van der Waals surface area contributed by atoms with Crippen molar-refractivity contribution < 1.29 is 9.84 Å². The minimum atomic E-state index is -0.505. The molecule has 0 radical (unpaired) electrons. The Morgan fingerprint density at radius 1 is 1.37 bits per heavy atom. The summed E-state index contributed by atoms with van der Waals surface area (Å²) < 4.78 is 6.05. The first-order valence-corrected chi connectivity index (χ1v) is 7.16. The van der Waals surface area contributed by atoms with Crippen LogP contribution in [0.25, 0.3) is 0 Å². The molecule has 0 spiro atoms. The van der Waals surface area contributed by atoms with Crippen molar-refractivity contribution in [3.05, 3.63) is 29.3 Å². The molecule has 104 valence electrons. The summed E-state index contributed by atoms with van der Waals surface area (Å²) in [5, 5.41) is 10.8. The maximum Gasteiger partial charge on any atom is 0.129 e. The smallest absolute Gasteiger partial charge is 0.129 e. The summed E-state index contributed by atoms with van der Waals surface area (Å²) in [6.07, 6.45) is 3.58. The largest absolute Gasteiger partial charge is 0.487 e. The number of hydrogen-bond donors (Lipinski definition) is 2. The van der Waals surface area contributed by atoms with E-state index in [1.165, 1.54) is 5.56 Å². The van der Waals surface area contributed by atoms with Gasteiger partial charge in [0.15, 0.2) is 0 Å². The molecule has 1 fully saturated rings. The average molecular weight is 261 g/mol. The summed E-state index contributed by atoms with van der Waals surface area (Å²) in [6, 6.07) is 6.10. The van der Waals surface area contributed by atoms with Gasteiger partial charge in [-0.15, -0.1) is 0 Å². The quantitative estimate of drug-likeness (QED) is 0.879.